The fourth-order valence-corrected chi connectivity index (χ4v) is 2.67. The first-order valence-corrected chi connectivity index (χ1v) is 6.04. The van der Waals surface area contributed by atoms with Gasteiger partial charge in [-0.2, -0.15) is 0 Å². The minimum Gasteiger partial charge on any atom is -0.424 e. The monoisotopic (exact) mass is 250 g/mol. The van der Waals surface area contributed by atoms with Crippen LogP contribution in [0.25, 0.3) is 0 Å². The molecule has 1 saturated heterocycles. The van der Waals surface area contributed by atoms with Gasteiger partial charge in [0.2, 0.25) is 11.8 Å². The number of hydrogen-bond acceptors (Lipinski definition) is 5. The Morgan fingerprint density at radius 3 is 2.67 bits per heavy atom. The number of imide groups is 1. The Hall–Kier alpha value is -1.92. The third-order valence-electron chi connectivity index (χ3n) is 3.56. The fourth-order valence-electron chi connectivity index (χ4n) is 2.67. The number of urea groups is 1. The highest BCUT2D eigenvalue weighted by Crippen LogP contribution is 2.35. The highest BCUT2D eigenvalue weighted by molar-refractivity contribution is 6.07. The number of nitrogens with zero attached hydrogens (tertiary/aromatic N) is 3. The maximum Gasteiger partial charge on any atom is 0.325 e. The van der Waals surface area contributed by atoms with Gasteiger partial charge in [-0.3, -0.25) is 9.69 Å². The Bertz CT molecular complexity index is 504. The van der Waals surface area contributed by atoms with Crippen molar-refractivity contribution in [3.8, 4) is 0 Å². The van der Waals surface area contributed by atoms with Crippen LogP contribution in [0.15, 0.2) is 4.42 Å². The van der Waals surface area contributed by atoms with E-state index in [-0.39, 0.29) is 24.4 Å². The summed E-state index contributed by atoms with van der Waals surface area (Å²) in [7, 11) is 0. The topological polar surface area (TPSA) is 88.3 Å². The van der Waals surface area contributed by atoms with Crippen molar-refractivity contribution in [1.29, 1.82) is 0 Å². The Labute approximate surface area is 104 Å². The first kappa shape index (κ1) is 11.2. The maximum absolute atomic E-state index is 12.3. The van der Waals surface area contributed by atoms with E-state index < -0.39 is 5.54 Å². The second-order valence-electron chi connectivity index (χ2n) is 4.83. The van der Waals surface area contributed by atoms with E-state index in [0.29, 0.717) is 5.89 Å². The van der Waals surface area contributed by atoms with Crippen molar-refractivity contribution < 1.29 is 14.0 Å². The van der Waals surface area contributed by atoms with E-state index in [2.05, 4.69) is 15.5 Å². The van der Waals surface area contributed by atoms with E-state index in [4.69, 9.17) is 4.42 Å². The van der Waals surface area contributed by atoms with Gasteiger partial charge in [0.25, 0.3) is 5.91 Å². The summed E-state index contributed by atoms with van der Waals surface area (Å²) in [4.78, 5) is 25.3. The molecule has 0 atom stereocenters. The molecular weight excluding hydrogens is 236 g/mol. The number of hydrogen-bond donors (Lipinski definition) is 1. The third-order valence-corrected chi connectivity index (χ3v) is 3.56. The van der Waals surface area contributed by atoms with Gasteiger partial charge in [-0.1, -0.05) is 12.8 Å². The van der Waals surface area contributed by atoms with Crippen molar-refractivity contribution in [3.05, 3.63) is 11.8 Å². The van der Waals surface area contributed by atoms with E-state index in [9.17, 15) is 9.59 Å². The number of rotatable bonds is 2. The number of carbonyl (C=O) groups is 2. The number of nitrogens with one attached hydrogen (secondary N) is 1. The molecule has 1 aromatic heterocycles. The van der Waals surface area contributed by atoms with Gasteiger partial charge in [0.15, 0.2) is 0 Å². The number of aryl methyl sites for hydroxylation is 1. The van der Waals surface area contributed by atoms with Crippen LogP contribution in [-0.2, 0) is 11.3 Å². The van der Waals surface area contributed by atoms with Gasteiger partial charge >= 0.3 is 6.03 Å². The molecule has 3 rings (SSSR count). The molecule has 1 saturated carbocycles. The van der Waals surface area contributed by atoms with Gasteiger partial charge in [0.05, 0.1) is 0 Å². The standard InChI is InChI=1S/C11H14N4O3/c1-7-13-14-8(18-7)6-15-9(16)11(12-10(15)17)4-2-3-5-11/h2-6H2,1H3,(H,12,17). The number of carbonyl (C=O) groups excluding carboxylic acids is 2. The van der Waals surface area contributed by atoms with E-state index >= 15 is 0 Å². The van der Waals surface area contributed by atoms with Gasteiger partial charge in [0.1, 0.15) is 12.1 Å². The zero-order valence-corrected chi connectivity index (χ0v) is 10.1. The fraction of sp³-hybridized carbons (Fsp3) is 0.636. The van der Waals surface area contributed by atoms with Crippen molar-refractivity contribution >= 4 is 11.9 Å². The van der Waals surface area contributed by atoms with Crippen LogP contribution in [0.4, 0.5) is 4.79 Å². The predicted molar refractivity (Wildman–Crippen MR) is 59.3 cm³/mol. The van der Waals surface area contributed by atoms with Crippen molar-refractivity contribution in [2.75, 3.05) is 0 Å². The van der Waals surface area contributed by atoms with Gasteiger partial charge in [-0.15, -0.1) is 10.2 Å². The smallest absolute Gasteiger partial charge is 0.325 e. The van der Waals surface area contributed by atoms with Crippen molar-refractivity contribution in [1.82, 2.24) is 20.4 Å². The van der Waals surface area contributed by atoms with E-state index in [1.54, 1.807) is 6.92 Å². The first-order valence-electron chi connectivity index (χ1n) is 6.04. The Balaban J connectivity index is 1.80. The summed E-state index contributed by atoms with van der Waals surface area (Å²) in [5.41, 5.74) is -0.674. The molecule has 1 N–H and O–H groups in total. The molecule has 0 aromatic carbocycles. The summed E-state index contributed by atoms with van der Waals surface area (Å²) in [6.45, 7) is 1.72. The molecule has 0 bridgehead atoms. The molecule has 1 aliphatic carbocycles. The molecule has 2 fully saturated rings. The highest BCUT2D eigenvalue weighted by atomic mass is 16.4. The molecular formula is C11H14N4O3. The van der Waals surface area contributed by atoms with Gasteiger partial charge in [-0.05, 0) is 12.8 Å². The Morgan fingerprint density at radius 1 is 1.33 bits per heavy atom. The van der Waals surface area contributed by atoms with Crippen LogP contribution in [0.2, 0.25) is 0 Å². The van der Waals surface area contributed by atoms with E-state index in [1.807, 2.05) is 0 Å². The van der Waals surface area contributed by atoms with Crippen LogP contribution in [0.3, 0.4) is 0 Å². The first-order chi connectivity index (χ1) is 8.61. The molecule has 96 valence electrons. The van der Waals surface area contributed by atoms with Crippen LogP contribution in [-0.4, -0.2) is 32.6 Å². The minimum atomic E-state index is -0.674. The summed E-state index contributed by atoms with van der Waals surface area (Å²) >= 11 is 0. The van der Waals surface area contributed by atoms with Gasteiger partial charge < -0.3 is 9.73 Å². The van der Waals surface area contributed by atoms with Crippen LogP contribution >= 0.6 is 0 Å². The number of aromatic nitrogens is 2. The van der Waals surface area contributed by atoms with E-state index in [1.165, 1.54) is 0 Å². The molecule has 2 heterocycles. The lowest BCUT2D eigenvalue weighted by Crippen LogP contribution is -2.44. The molecule has 3 amide bonds. The molecule has 1 aromatic rings. The quantitative estimate of drug-likeness (QED) is 0.782. The second kappa shape index (κ2) is 3.79. The van der Waals surface area contributed by atoms with Crippen molar-refractivity contribution in [2.24, 2.45) is 0 Å². The van der Waals surface area contributed by atoms with Gasteiger partial charge in [0, 0.05) is 6.92 Å². The molecule has 1 spiro atoms. The lowest BCUT2D eigenvalue weighted by molar-refractivity contribution is -0.131. The summed E-state index contributed by atoms with van der Waals surface area (Å²) in [6, 6.07) is -0.363. The molecule has 0 radical (unpaired) electrons. The number of amides is 3. The van der Waals surface area contributed by atoms with Crippen molar-refractivity contribution in [3.63, 3.8) is 0 Å². The van der Waals surface area contributed by atoms with Crippen molar-refractivity contribution in [2.45, 2.75) is 44.7 Å². The average molecular weight is 250 g/mol. The summed E-state index contributed by atoms with van der Waals surface area (Å²) in [5, 5.41) is 10.3. The molecule has 1 aliphatic heterocycles. The molecule has 7 nitrogen and oxygen atoms in total. The lowest BCUT2D eigenvalue weighted by atomic mass is 9.98. The zero-order valence-electron chi connectivity index (χ0n) is 10.1. The highest BCUT2D eigenvalue weighted by Gasteiger charge is 2.52. The molecule has 0 unspecified atom stereocenters. The predicted octanol–water partition coefficient (Wildman–Crippen LogP) is 0.743. The van der Waals surface area contributed by atoms with Crippen LogP contribution in [0.5, 0.6) is 0 Å². The Kier molecular flexibility index (Phi) is 2.36. The van der Waals surface area contributed by atoms with Gasteiger partial charge in [-0.25, -0.2) is 4.79 Å². The Morgan fingerprint density at radius 2 is 2.06 bits per heavy atom. The summed E-state index contributed by atoms with van der Waals surface area (Å²) in [5.74, 6) is 0.541. The SMILES string of the molecule is Cc1nnc(CN2C(=O)NC3(CCCC3)C2=O)o1. The summed E-state index contributed by atoms with van der Waals surface area (Å²) in [6.07, 6.45) is 3.38. The zero-order chi connectivity index (χ0) is 12.8. The maximum atomic E-state index is 12.3. The normalized spacial score (nSPS) is 21.9. The average Bonchev–Trinajstić information content (AvgIpc) is 2.99. The van der Waals surface area contributed by atoms with Crippen LogP contribution in [0.1, 0.15) is 37.5 Å². The van der Waals surface area contributed by atoms with E-state index in [0.717, 1.165) is 30.6 Å². The van der Waals surface area contributed by atoms with Crippen LogP contribution < -0.4 is 5.32 Å². The largest absolute Gasteiger partial charge is 0.424 e. The lowest BCUT2D eigenvalue weighted by Gasteiger charge is -2.19. The molecule has 7 heteroatoms. The third kappa shape index (κ3) is 1.58. The van der Waals surface area contributed by atoms with Crippen LogP contribution in [0, 0.1) is 6.92 Å². The molecule has 2 aliphatic rings. The minimum absolute atomic E-state index is 0.0489. The summed E-state index contributed by atoms with van der Waals surface area (Å²) < 4.78 is 5.20. The second-order valence-corrected chi connectivity index (χ2v) is 4.83. The molecule has 18 heavy (non-hydrogen) atoms.